The predicted molar refractivity (Wildman–Crippen MR) is 125 cm³/mol. The van der Waals surface area contributed by atoms with E-state index in [0.717, 1.165) is 19.3 Å². The van der Waals surface area contributed by atoms with Crippen LogP contribution in [-0.2, 0) is 28.7 Å². The monoisotopic (exact) mass is 494 g/mol. The van der Waals surface area contributed by atoms with Crippen LogP contribution in [0, 0.1) is 11.8 Å². The first kappa shape index (κ1) is 28.4. The van der Waals surface area contributed by atoms with Crippen molar-refractivity contribution < 1.29 is 33.5 Å². The van der Waals surface area contributed by atoms with Gasteiger partial charge in [-0.15, -0.1) is 0 Å². The number of rotatable bonds is 8. The Morgan fingerprint density at radius 1 is 1.06 bits per heavy atom. The Hall–Kier alpha value is -2.82. The fourth-order valence-corrected chi connectivity index (χ4v) is 4.42. The maximum atomic E-state index is 13.5. The highest BCUT2D eigenvalue weighted by molar-refractivity contribution is 6.39. The Bertz CT molecular complexity index is 842. The van der Waals surface area contributed by atoms with Gasteiger partial charge in [-0.1, -0.05) is 33.1 Å². The quantitative estimate of drug-likeness (QED) is 0.382. The van der Waals surface area contributed by atoms with E-state index in [-0.39, 0.29) is 25.2 Å². The minimum atomic E-state index is -1.47. The third-order valence-electron chi connectivity index (χ3n) is 6.00. The van der Waals surface area contributed by atoms with Crippen LogP contribution in [0.4, 0.5) is 4.79 Å². The molecule has 3 N–H and O–H groups in total. The number of hydrogen-bond acceptors (Lipinski definition) is 8. The highest BCUT2D eigenvalue weighted by Gasteiger charge is 2.46. The molecule has 1 saturated carbocycles. The summed E-state index contributed by atoms with van der Waals surface area (Å²) < 4.78 is 5.45. The Morgan fingerprint density at radius 3 is 2.09 bits per heavy atom. The highest BCUT2D eigenvalue weighted by atomic mass is 16.6. The van der Waals surface area contributed by atoms with Crippen LogP contribution in [0.2, 0.25) is 0 Å². The number of Topliss-reactive ketones (excluding diaryl/α,β-unsaturated/α-hetero) is 1. The number of nitrogens with one attached hydrogen (secondary N) is 1. The van der Waals surface area contributed by atoms with Crippen molar-refractivity contribution in [2.24, 2.45) is 17.6 Å². The molecule has 11 heteroatoms. The van der Waals surface area contributed by atoms with E-state index >= 15 is 0 Å². The van der Waals surface area contributed by atoms with Gasteiger partial charge in [-0.25, -0.2) is 9.69 Å². The second-order valence-corrected chi connectivity index (χ2v) is 10.7. The lowest BCUT2D eigenvalue weighted by molar-refractivity contribution is -0.154. The zero-order chi connectivity index (χ0) is 26.5. The number of hydrazine groups is 1. The highest BCUT2D eigenvalue weighted by Crippen LogP contribution is 2.31. The van der Waals surface area contributed by atoms with E-state index in [2.05, 4.69) is 5.43 Å². The van der Waals surface area contributed by atoms with E-state index in [1.165, 1.54) is 0 Å². The predicted octanol–water partition coefficient (Wildman–Crippen LogP) is 1.82. The molecule has 1 aliphatic heterocycles. The summed E-state index contributed by atoms with van der Waals surface area (Å²) in [5.74, 6) is -4.88. The molecule has 2 fully saturated rings. The molecule has 1 aliphatic carbocycles. The van der Waals surface area contributed by atoms with E-state index in [1.54, 1.807) is 20.8 Å². The standard InChI is InChI=1S/C24H38N4O7/c1-14(2)13-16(25)22(33)27(23(34)35-24(3,4)5)19(15-9-7-6-8-10-15)20(31)21(32)26-28-17(29)11-12-18(28)30/h14-16,19H,6-13,25H2,1-5H3,(H,26,32)/t16-,19?/m0/s1. The SMILES string of the molecule is CC(C)C[C@H](N)C(=O)N(C(=O)OC(C)(C)C)C(C(=O)C(=O)NN1C(=O)CCC1=O)C1CCCCC1. The molecule has 0 aromatic carbocycles. The summed E-state index contributed by atoms with van der Waals surface area (Å²) in [6.45, 7) is 8.60. The van der Waals surface area contributed by atoms with E-state index in [9.17, 15) is 28.8 Å². The van der Waals surface area contributed by atoms with Gasteiger partial charge in [0.25, 0.3) is 0 Å². The van der Waals surface area contributed by atoms with Gasteiger partial charge in [0, 0.05) is 12.8 Å². The lowest BCUT2D eigenvalue weighted by atomic mass is 9.81. The zero-order valence-electron chi connectivity index (χ0n) is 21.3. The molecule has 35 heavy (non-hydrogen) atoms. The second-order valence-electron chi connectivity index (χ2n) is 10.7. The summed E-state index contributed by atoms with van der Waals surface area (Å²) in [6, 6.07) is -2.56. The molecule has 2 aliphatic rings. The topological polar surface area (TPSA) is 156 Å². The molecule has 2 rings (SSSR count). The average molecular weight is 495 g/mol. The molecular formula is C24H38N4O7. The number of carbonyl (C=O) groups excluding carboxylic acids is 6. The van der Waals surface area contributed by atoms with Crippen LogP contribution in [0.1, 0.15) is 86.0 Å². The number of carbonyl (C=O) groups is 6. The first-order valence-corrected chi connectivity index (χ1v) is 12.2. The number of nitrogens with zero attached hydrogens (tertiary/aromatic N) is 2. The number of hydrogen-bond donors (Lipinski definition) is 2. The van der Waals surface area contributed by atoms with Crippen molar-refractivity contribution in [2.75, 3.05) is 0 Å². The minimum absolute atomic E-state index is 0.0359. The molecule has 0 aromatic rings. The van der Waals surface area contributed by atoms with Crippen LogP contribution >= 0.6 is 0 Å². The van der Waals surface area contributed by atoms with Crippen LogP contribution < -0.4 is 11.2 Å². The number of imide groups is 2. The van der Waals surface area contributed by atoms with Gasteiger partial charge in [0.05, 0.1) is 6.04 Å². The molecule has 11 nitrogen and oxygen atoms in total. The van der Waals surface area contributed by atoms with Crippen molar-refractivity contribution in [3.8, 4) is 0 Å². The fraction of sp³-hybridized carbons (Fsp3) is 0.750. The molecule has 1 unspecified atom stereocenters. The van der Waals surface area contributed by atoms with Gasteiger partial charge >= 0.3 is 12.0 Å². The summed E-state index contributed by atoms with van der Waals surface area (Å²) in [7, 11) is 0. The third kappa shape index (κ3) is 7.58. The number of amides is 5. The minimum Gasteiger partial charge on any atom is -0.443 e. The smallest absolute Gasteiger partial charge is 0.417 e. The third-order valence-corrected chi connectivity index (χ3v) is 6.00. The van der Waals surface area contributed by atoms with Gasteiger partial charge in [0.1, 0.15) is 11.6 Å². The maximum Gasteiger partial charge on any atom is 0.417 e. The Kier molecular flexibility index (Phi) is 9.53. The van der Waals surface area contributed by atoms with Gasteiger partial charge in [0.2, 0.25) is 23.5 Å². The molecule has 0 spiro atoms. The fourth-order valence-electron chi connectivity index (χ4n) is 4.42. The average Bonchev–Trinajstić information content (AvgIpc) is 3.07. The van der Waals surface area contributed by atoms with Gasteiger partial charge < -0.3 is 10.5 Å². The van der Waals surface area contributed by atoms with Crippen LogP contribution in [-0.4, -0.2) is 63.1 Å². The van der Waals surface area contributed by atoms with Crippen molar-refractivity contribution in [1.29, 1.82) is 0 Å². The Morgan fingerprint density at radius 2 is 1.60 bits per heavy atom. The summed E-state index contributed by atoms with van der Waals surface area (Å²) in [5, 5.41) is 0.516. The second kappa shape index (κ2) is 11.7. The first-order chi connectivity index (χ1) is 16.2. The lowest BCUT2D eigenvalue weighted by Crippen LogP contribution is -2.61. The maximum absolute atomic E-state index is 13.5. The molecule has 0 bridgehead atoms. The molecule has 1 heterocycles. The van der Waals surface area contributed by atoms with Crippen molar-refractivity contribution >= 4 is 35.5 Å². The summed E-state index contributed by atoms with van der Waals surface area (Å²) in [5.41, 5.74) is 7.21. The molecule has 2 atom stereocenters. The first-order valence-electron chi connectivity index (χ1n) is 12.2. The van der Waals surface area contributed by atoms with Crippen LogP contribution in [0.25, 0.3) is 0 Å². The number of ketones is 1. The summed E-state index contributed by atoms with van der Waals surface area (Å²) >= 11 is 0. The largest absolute Gasteiger partial charge is 0.443 e. The van der Waals surface area contributed by atoms with E-state index in [1.807, 2.05) is 13.8 Å². The molecule has 0 aromatic heterocycles. The summed E-state index contributed by atoms with van der Waals surface area (Å²) in [4.78, 5) is 77.7. The molecule has 196 valence electrons. The molecule has 5 amide bonds. The van der Waals surface area contributed by atoms with Gasteiger partial charge in [-0.3, -0.25) is 29.4 Å². The lowest BCUT2D eigenvalue weighted by Gasteiger charge is -2.38. The molecule has 0 radical (unpaired) electrons. The van der Waals surface area contributed by atoms with Crippen LogP contribution in [0.5, 0.6) is 0 Å². The number of nitrogens with two attached hydrogens (primary N) is 1. The van der Waals surface area contributed by atoms with Crippen molar-refractivity contribution in [2.45, 2.75) is 104 Å². The van der Waals surface area contributed by atoms with Crippen LogP contribution in [0.3, 0.4) is 0 Å². The number of ether oxygens (including phenoxy) is 1. The van der Waals surface area contributed by atoms with Crippen LogP contribution in [0.15, 0.2) is 0 Å². The van der Waals surface area contributed by atoms with Gasteiger partial charge in [0.15, 0.2) is 0 Å². The van der Waals surface area contributed by atoms with Gasteiger partial charge in [-0.2, -0.15) is 5.01 Å². The zero-order valence-corrected chi connectivity index (χ0v) is 21.3. The normalized spacial score (nSPS) is 18.9. The van der Waals surface area contributed by atoms with Gasteiger partial charge in [-0.05, 0) is 51.9 Å². The Labute approximate surface area is 206 Å². The van der Waals surface area contributed by atoms with E-state index in [4.69, 9.17) is 10.5 Å². The van der Waals surface area contributed by atoms with E-state index < -0.39 is 59.1 Å². The van der Waals surface area contributed by atoms with Crippen molar-refractivity contribution in [1.82, 2.24) is 15.3 Å². The Balaban J connectivity index is 2.45. The summed E-state index contributed by atoms with van der Waals surface area (Å²) in [6.07, 6.45) is 2.50. The van der Waals surface area contributed by atoms with E-state index in [0.29, 0.717) is 22.8 Å². The van der Waals surface area contributed by atoms with Crippen molar-refractivity contribution in [3.63, 3.8) is 0 Å². The van der Waals surface area contributed by atoms with Crippen molar-refractivity contribution in [3.05, 3.63) is 0 Å². The molecular weight excluding hydrogens is 456 g/mol. The molecule has 1 saturated heterocycles.